The van der Waals surface area contributed by atoms with Gasteiger partial charge in [-0.1, -0.05) is 12.1 Å². The van der Waals surface area contributed by atoms with Gasteiger partial charge in [0.2, 0.25) is 15.9 Å². The molecule has 1 amide bonds. The van der Waals surface area contributed by atoms with Crippen molar-refractivity contribution in [1.82, 2.24) is 5.32 Å². The topological polar surface area (TPSA) is 89.3 Å². The zero-order valence-corrected chi connectivity index (χ0v) is 13.1. The Morgan fingerprint density at radius 3 is 2.41 bits per heavy atom. The third-order valence-electron chi connectivity index (χ3n) is 4.59. The Hall–Kier alpha value is -1.66. The van der Waals surface area contributed by atoms with E-state index in [0.717, 1.165) is 18.0 Å². The summed E-state index contributed by atoms with van der Waals surface area (Å²) in [6, 6.07) is 6.10. The van der Waals surface area contributed by atoms with Gasteiger partial charge in [0, 0.05) is 12.6 Å². The predicted octanol–water partition coefficient (Wildman–Crippen LogP) is 1.65. The molecule has 0 radical (unpaired) electrons. The highest BCUT2D eigenvalue weighted by Gasteiger charge is 2.53. The molecule has 0 heterocycles. The van der Waals surface area contributed by atoms with Gasteiger partial charge >= 0.3 is 0 Å². The summed E-state index contributed by atoms with van der Waals surface area (Å²) in [5.74, 6) is 0.713. The van der Waals surface area contributed by atoms with E-state index in [9.17, 15) is 13.2 Å². The molecule has 0 unspecified atom stereocenters. The first-order valence-corrected chi connectivity index (χ1v) is 9.03. The van der Waals surface area contributed by atoms with Gasteiger partial charge in [-0.05, 0) is 60.8 Å². The number of carbonyl (C=O) groups excluding carboxylic acids is 1. The van der Waals surface area contributed by atoms with Crippen LogP contribution in [-0.4, -0.2) is 20.9 Å². The molecular weight excluding hydrogens is 300 g/mol. The summed E-state index contributed by atoms with van der Waals surface area (Å²) in [6.07, 6.45) is 8.23. The normalized spacial score (nSPS) is 20.0. The largest absolute Gasteiger partial charge is 0.352 e. The number of benzene rings is 1. The van der Waals surface area contributed by atoms with E-state index in [4.69, 9.17) is 5.14 Å². The summed E-state index contributed by atoms with van der Waals surface area (Å²) in [7, 11) is -3.67. The zero-order valence-electron chi connectivity index (χ0n) is 12.3. The maximum atomic E-state index is 11.8. The van der Waals surface area contributed by atoms with E-state index in [1.165, 1.54) is 43.9 Å². The van der Waals surface area contributed by atoms with Crippen molar-refractivity contribution in [2.45, 2.75) is 30.6 Å². The van der Waals surface area contributed by atoms with Gasteiger partial charge in [-0.25, -0.2) is 13.6 Å². The molecule has 2 saturated carbocycles. The quantitative estimate of drug-likeness (QED) is 0.781. The van der Waals surface area contributed by atoms with Crippen molar-refractivity contribution in [3.05, 3.63) is 35.9 Å². The summed E-state index contributed by atoms with van der Waals surface area (Å²) < 4.78 is 22.3. The Balaban J connectivity index is 1.53. The van der Waals surface area contributed by atoms with Crippen LogP contribution in [0.25, 0.3) is 6.08 Å². The maximum absolute atomic E-state index is 11.8. The Labute approximate surface area is 130 Å². The van der Waals surface area contributed by atoms with Gasteiger partial charge in [-0.3, -0.25) is 4.79 Å². The molecule has 0 saturated heterocycles. The van der Waals surface area contributed by atoms with Crippen molar-refractivity contribution in [3.8, 4) is 0 Å². The minimum absolute atomic E-state index is 0.0641. The predicted molar refractivity (Wildman–Crippen MR) is 84.2 cm³/mol. The van der Waals surface area contributed by atoms with Crippen molar-refractivity contribution in [1.29, 1.82) is 0 Å². The van der Waals surface area contributed by atoms with Gasteiger partial charge in [0.05, 0.1) is 4.90 Å². The minimum atomic E-state index is -3.67. The van der Waals surface area contributed by atoms with Crippen LogP contribution in [0.5, 0.6) is 0 Å². The molecule has 3 rings (SSSR count). The van der Waals surface area contributed by atoms with Crippen LogP contribution in [0.2, 0.25) is 0 Å². The fraction of sp³-hybridized carbons (Fsp3) is 0.438. The van der Waals surface area contributed by atoms with Crippen molar-refractivity contribution < 1.29 is 13.2 Å². The Kier molecular flexibility index (Phi) is 3.82. The molecule has 0 bridgehead atoms. The maximum Gasteiger partial charge on any atom is 0.244 e. The molecule has 5 nitrogen and oxygen atoms in total. The summed E-state index contributed by atoms with van der Waals surface area (Å²) in [5.41, 5.74) is 1.14. The van der Waals surface area contributed by atoms with Crippen molar-refractivity contribution in [2.75, 3.05) is 6.54 Å². The van der Waals surface area contributed by atoms with Crippen LogP contribution in [0.3, 0.4) is 0 Å². The molecule has 0 aromatic heterocycles. The number of nitrogens with two attached hydrogens (primary N) is 1. The Morgan fingerprint density at radius 1 is 1.27 bits per heavy atom. The molecule has 3 N–H and O–H groups in total. The third-order valence-corrected chi connectivity index (χ3v) is 5.52. The van der Waals surface area contributed by atoms with Crippen LogP contribution in [0.15, 0.2) is 35.2 Å². The van der Waals surface area contributed by atoms with Crippen molar-refractivity contribution >= 4 is 22.0 Å². The lowest BCUT2D eigenvalue weighted by Gasteiger charge is -2.13. The van der Waals surface area contributed by atoms with Crippen LogP contribution in [0.4, 0.5) is 0 Å². The minimum Gasteiger partial charge on any atom is -0.352 e. The highest BCUT2D eigenvalue weighted by atomic mass is 32.2. The molecule has 0 spiro atoms. The van der Waals surface area contributed by atoms with Crippen molar-refractivity contribution in [2.24, 2.45) is 16.5 Å². The molecule has 1 aromatic carbocycles. The molecule has 22 heavy (non-hydrogen) atoms. The lowest BCUT2D eigenvalue weighted by molar-refractivity contribution is -0.116. The van der Waals surface area contributed by atoms with Crippen LogP contribution < -0.4 is 10.5 Å². The summed E-state index contributed by atoms with van der Waals surface area (Å²) >= 11 is 0. The third kappa shape index (κ3) is 3.56. The lowest BCUT2D eigenvalue weighted by atomic mass is 10.0. The van der Waals surface area contributed by atoms with Gasteiger partial charge < -0.3 is 5.32 Å². The smallest absolute Gasteiger partial charge is 0.244 e. The number of hydrogen-bond acceptors (Lipinski definition) is 3. The molecule has 118 valence electrons. The summed E-state index contributed by atoms with van der Waals surface area (Å²) in [6.45, 7) is 0.769. The number of rotatable bonds is 6. The fourth-order valence-electron chi connectivity index (χ4n) is 2.85. The van der Waals surface area contributed by atoms with E-state index in [2.05, 4.69) is 5.32 Å². The molecular formula is C16H20N2O3S. The molecule has 0 aliphatic heterocycles. The highest BCUT2D eigenvalue weighted by molar-refractivity contribution is 7.89. The fourth-order valence-corrected chi connectivity index (χ4v) is 3.36. The number of amides is 1. The molecule has 6 heteroatoms. The van der Waals surface area contributed by atoms with Gasteiger partial charge in [0.25, 0.3) is 0 Å². The van der Waals surface area contributed by atoms with Gasteiger partial charge in [-0.2, -0.15) is 0 Å². The first-order valence-electron chi connectivity index (χ1n) is 7.48. The van der Waals surface area contributed by atoms with Gasteiger partial charge in [0.15, 0.2) is 0 Å². The first kappa shape index (κ1) is 15.2. The number of sulfonamides is 1. The monoisotopic (exact) mass is 320 g/mol. The zero-order chi connectivity index (χ0) is 15.8. The van der Waals surface area contributed by atoms with E-state index in [-0.39, 0.29) is 10.8 Å². The van der Waals surface area contributed by atoms with Crippen LogP contribution in [0.1, 0.15) is 31.2 Å². The Bertz CT molecular complexity index is 699. The molecule has 0 atom stereocenters. The molecule has 2 aliphatic rings. The average Bonchev–Trinajstić information content (AvgIpc) is 3.35. The standard InChI is InChI=1S/C16H20N2O3S/c17-22(20,21)14-6-1-12(2-7-14)3-8-15(19)18-11-16(9-10-16)13-4-5-13/h1-3,6-8,13H,4-5,9-11H2,(H,18,19)(H2,17,20,21). The van der Waals surface area contributed by atoms with Crippen LogP contribution >= 0.6 is 0 Å². The lowest BCUT2D eigenvalue weighted by Crippen LogP contribution is -2.29. The number of primary sulfonamides is 1. The van der Waals surface area contributed by atoms with Crippen LogP contribution in [-0.2, 0) is 14.8 Å². The number of hydrogen-bond donors (Lipinski definition) is 2. The second-order valence-electron chi connectivity index (χ2n) is 6.30. The van der Waals surface area contributed by atoms with E-state index < -0.39 is 10.0 Å². The van der Waals surface area contributed by atoms with E-state index in [1.807, 2.05) is 0 Å². The van der Waals surface area contributed by atoms with Gasteiger partial charge in [0.1, 0.15) is 0 Å². The number of carbonyl (C=O) groups is 1. The van der Waals surface area contributed by atoms with E-state index in [1.54, 1.807) is 18.2 Å². The second kappa shape index (κ2) is 5.52. The summed E-state index contributed by atoms with van der Waals surface area (Å²) in [5, 5.41) is 8.01. The number of nitrogens with one attached hydrogen (secondary N) is 1. The summed E-state index contributed by atoms with van der Waals surface area (Å²) in [4.78, 5) is 11.9. The average molecular weight is 320 g/mol. The van der Waals surface area contributed by atoms with E-state index in [0.29, 0.717) is 5.41 Å². The van der Waals surface area contributed by atoms with Gasteiger partial charge in [-0.15, -0.1) is 0 Å². The molecule has 1 aromatic rings. The highest BCUT2D eigenvalue weighted by Crippen LogP contribution is 2.60. The SMILES string of the molecule is NS(=O)(=O)c1ccc(C=CC(=O)NCC2(C3CC3)CC2)cc1. The molecule has 2 aliphatic carbocycles. The van der Waals surface area contributed by atoms with E-state index >= 15 is 0 Å². The Morgan fingerprint density at radius 2 is 1.91 bits per heavy atom. The van der Waals surface area contributed by atoms with Crippen molar-refractivity contribution in [3.63, 3.8) is 0 Å². The van der Waals surface area contributed by atoms with Crippen LogP contribution in [0, 0.1) is 11.3 Å². The molecule has 2 fully saturated rings. The second-order valence-corrected chi connectivity index (χ2v) is 7.86. The first-order chi connectivity index (χ1) is 10.4.